The normalized spacial score (nSPS) is 28.9. The molecule has 2 heterocycles. The number of hydrogen-bond donors (Lipinski definition) is 1. The van der Waals surface area contributed by atoms with Gasteiger partial charge in [0.1, 0.15) is 5.01 Å². The van der Waals surface area contributed by atoms with Crippen molar-refractivity contribution in [3.63, 3.8) is 0 Å². The smallest absolute Gasteiger partial charge is 0.113 e. The van der Waals surface area contributed by atoms with Crippen molar-refractivity contribution in [1.82, 2.24) is 15.2 Å². The lowest BCUT2D eigenvalue weighted by molar-refractivity contribution is 0.296. The Balaban J connectivity index is 2.21. The summed E-state index contributed by atoms with van der Waals surface area (Å²) in [6.45, 7) is 2.36. The molecule has 0 aromatic carbocycles. The molecular formula is C11H19N3S. The lowest BCUT2D eigenvalue weighted by Crippen LogP contribution is -2.40. The Bertz CT molecular complexity index is 299. The van der Waals surface area contributed by atoms with Crippen LogP contribution in [0.25, 0.3) is 0 Å². The van der Waals surface area contributed by atoms with Gasteiger partial charge in [0.05, 0.1) is 5.54 Å². The molecule has 1 saturated heterocycles. The number of nitrogens with one attached hydrogen (secondary N) is 1. The van der Waals surface area contributed by atoms with Gasteiger partial charge in [0.2, 0.25) is 0 Å². The highest BCUT2D eigenvalue weighted by Crippen LogP contribution is 2.33. The molecule has 0 amide bonds. The number of thiazole rings is 1. The molecule has 0 spiro atoms. The average Bonchev–Trinajstić information content (AvgIpc) is 2.71. The Kier molecular flexibility index (Phi) is 3.38. The Hall–Kier alpha value is -0.450. The molecule has 1 N–H and O–H groups in total. The minimum absolute atomic E-state index is 0.124. The Morgan fingerprint density at radius 1 is 1.47 bits per heavy atom. The summed E-state index contributed by atoms with van der Waals surface area (Å²) in [5.41, 5.74) is 0.124. The summed E-state index contributed by atoms with van der Waals surface area (Å²) in [6, 6.07) is 0. The van der Waals surface area contributed by atoms with E-state index in [1.807, 2.05) is 6.20 Å². The first-order valence-electron chi connectivity index (χ1n) is 5.54. The molecule has 0 radical (unpaired) electrons. The maximum absolute atomic E-state index is 4.49. The fourth-order valence-electron chi connectivity index (χ4n) is 2.30. The van der Waals surface area contributed by atoms with Crippen LogP contribution < -0.4 is 5.32 Å². The van der Waals surface area contributed by atoms with E-state index in [1.165, 1.54) is 24.4 Å². The Labute approximate surface area is 95.5 Å². The summed E-state index contributed by atoms with van der Waals surface area (Å²) >= 11 is 1.77. The van der Waals surface area contributed by atoms with E-state index in [0.717, 1.165) is 13.0 Å². The Morgan fingerprint density at radius 3 is 3.00 bits per heavy atom. The van der Waals surface area contributed by atoms with Gasteiger partial charge in [-0.3, -0.25) is 0 Å². The number of nitrogens with zero attached hydrogens (tertiary/aromatic N) is 2. The monoisotopic (exact) mass is 225 g/mol. The topological polar surface area (TPSA) is 28.2 Å². The second kappa shape index (κ2) is 4.60. The summed E-state index contributed by atoms with van der Waals surface area (Å²) < 4.78 is 0. The van der Waals surface area contributed by atoms with E-state index < -0.39 is 0 Å². The van der Waals surface area contributed by atoms with Crippen LogP contribution in [0.4, 0.5) is 0 Å². The second-order valence-electron chi connectivity index (χ2n) is 4.33. The average molecular weight is 225 g/mol. The van der Waals surface area contributed by atoms with Crippen molar-refractivity contribution in [1.29, 1.82) is 0 Å². The lowest BCUT2D eigenvalue weighted by atomic mass is 9.91. The SMILES string of the molecule is CNC1(c2nccs2)CCCN(C)CC1. The van der Waals surface area contributed by atoms with E-state index in [2.05, 4.69) is 34.7 Å². The summed E-state index contributed by atoms with van der Waals surface area (Å²) in [5.74, 6) is 0. The van der Waals surface area contributed by atoms with E-state index in [0.29, 0.717) is 0 Å². The molecule has 1 unspecified atom stereocenters. The molecule has 15 heavy (non-hydrogen) atoms. The number of likely N-dealkylation sites (tertiary alicyclic amines) is 1. The van der Waals surface area contributed by atoms with Crippen molar-refractivity contribution >= 4 is 11.3 Å². The highest BCUT2D eigenvalue weighted by molar-refractivity contribution is 7.09. The van der Waals surface area contributed by atoms with E-state index in [9.17, 15) is 0 Å². The van der Waals surface area contributed by atoms with Crippen molar-refractivity contribution in [3.8, 4) is 0 Å². The van der Waals surface area contributed by atoms with Gasteiger partial charge in [-0.05, 0) is 39.9 Å². The molecule has 1 atom stereocenters. The van der Waals surface area contributed by atoms with Gasteiger partial charge in [-0.25, -0.2) is 4.98 Å². The van der Waals surface area contributed by atoms with Crippen LogP contribution >= 0.6 is 11.3 Å². The van der Waals surface area contributed by atoms with Crippen LogP contribution in [0, 0.1) is 0 Å². The van der Waals surface area contributed by atoms with Crippen molar-refractivity contribution in [3.05, 3.63) is 16.6 Å². The van der Waals surface area contributed by atoms with Gasteiger partial charge < -0.3 is 10.2 Å². The molecule has 4 heteroatoms. The quantitative estimate of drug-likeness (QED) is 0.830. The van der Waals surface area contributed by atoms with Crippen LogP contribution in [0.1, 0.15) is 24.3 Å². The molecule has 3 nitrogen and oxygen atoms in total. The number of aromatic nitrogens is 1. The lowest BCUT2D eigenvalue weighted by Gasteiger charge is -2.30. The van der Waals surface area contributed by atoms with Gasteiger partial charge in [0.15, 0.2) is 0 Å². The molecule has 1 fully saturated rings. The molecule has 0 saturated carbocycles. The predicted octanol–water partition coefficient (Wildman–Crippen LogP) is 1.67. The van der Waals surface area contributed by atoms with Crippen LogP contribution in [0.2, 0.25) is 0 Å². The second-order valence-corrected chi connectivity index (χ2v) is 5.22. The summed E-state index contributed by atoms with van der Waals surface area (Å²) in [4.78, 5) is 6.90. The zero-order valence-corrected chi connectivity index (χ0v) is 10.3. The van der Waals surface area contributed by atoms with Crippen molar-refractivity contribution in [2.24, 2.45) is 0 Å². The molecule has 1 aromatic heterocycles. The van der Waals surface area contributed by atoms with Crippen LogP contribution in [-0.2, 0) is 5.54 Å². The first kappa shape index (κ1) is 11.0. The van der Waals surface area contributed by atoms with Crippen molar-refractivity contribution in [2.45, 2.75) is 24.8 Å². The molecule has 84 valence electrons. The van der Waals surface area contributed by atoms with E-state index in [1.54, 1.807) is 11.3 Å². The Morgan fingerprint density at radius 2 is 2.33 bits per heavy atom. The minimum Gasteiger partial charge on any atom is -0.308 e. The maximum Gasteiger partial charge on any atom is 0.113 e. The van der Waals surface area contributed by atoms with Crippen LogP contribution in [0.3, 0.4) is 0 Å². The minimum atomic E-state index is 0.124. The van der Waals surface area contributed by atoms with Gasteiger partial charge in [0.25, 0.3) is 0 Å². The van der Waals surface area contributed by atoms with Crippen LogP contribution in [-0.4, -0.2) is 37.1 Å². The fourth-order valence-corrected chi connectivity index (χ4v) is 3.20. The molecule has 0 bridgehead atoms. The first-order chi connectivity index (χ1) is 7.27. The maximum atomic E-state index is 4.49. The molecule has 0 aliphatic carbocycles. The summed E-state index contributed by atoms with van der Waals surface area (Å²) in [7, 11) is 4.26. The summed E-state index contributed by atoms with van der Waals surface area (Å²) in [5, 5.41) is 6.82. The van der Waals surface area contributed by atoms with Gasteiger partial charge >= 0.3 is 0 Å². The number of hydrogen-bond acceptors (Lipinski definition) is 4. The summed E-state index contributed by atoms with van der Waals surface area (Å²) in [6.07, 6.45) is 5.51. The third kappa shape index (κ3) is 2.22. The highest BCUT2D eigenvalue weighted by Gasteiger charge is 2.34. The van der Waals surface area contributed by atoms with E-state index in [4.69, 9.17) is 0 Å². The van der Waals surface area contributed by atoms with E-state index >= 15 is 0 Å². The fraction of sp³-hybridized carbons (Fsp3) is 0.727. The molecule has 1 aromatic rings. The van der Waals surface area contributed by atoms with Gasteiger partial charge in [0, 0.05) is 18.1 Å². The predicted molar refractivity (Wildman–Crippen MR) is 64.2 cm³/mol. The third-order valence-electron chi connectivity index (χ3n) is 3.38. The zero-order chi connectivity index (χ0) is 10.7. The number of rotatable bonds is 2. The highest BCUT2D eigenvalue weighted by atomic mass is 32.1. The van der Waals surface area contributed by atoms with Gasteiger partial charge in [-0.2, -0.15) is 0 Å². The van der Waals surface area contributed by atoms with Crippen molar-refractivity contribution in [2.75, 3.05) is 27.2 Å². The van der Waals surface area contributed by atoms with Gasteiger partial charge in [-0.1, -0.05) is 0 Å². The molecule has 1 aliphatic rings. The third-order valence-corrected chi connectivity index (χ3v) is 4.36. The van der Waals surface area contributed by atoms with Crippen molar-refractivity contribution < 1.29 is 0 Å². The first-order valence-corrected chi connectivity index (χ1v) is 6.42. The van der Waals surface area contributed by atoms with Crippen LogP contribution in [0.15, 0.2) is 11.6 Å². The zero-order valence-electron chi connectivity index (χ0n) is 9.49. The van der Waals surface area contributed by atoms with E-state index in [-0.39, 0.29) is 5.54 Å². The largest absolute Gasteiger partial charge is 0.308 e. The van der Waals surface area contributed by atoms with Gasteiger partial charge in [-0.15, -0.1) is 11.3 Å². The standard InChI is InChI=1S/C11H19N3S/c1-12-11(10-13-6-9-15-10)4-3-7-14(2)8-5-11/h6,9,12H,3-5,7-8H2,1-2H3. The molecule has 2 rings (SSSR count). The molecular weight excluding hydrogens is 206 g/mol. The molecule has 1 aliphatic heterocycles. The van der Waals surface area contributed by atoms with Crippen LogP contribution in [0.5, 0.6) is 0 Å².